The van der Waals surface area contributed by atoms with Crippen LogP contribution >= 0.6 is 11.6 Å². The van der Waals surface area contributed by atoms with Crippen LogP contribution in [-0.2, 0) is 0 Å². The highest BCUT2D eigenvalue weighted by Crippen LogP contribution is 2.24. The quantitative estimate of drug-likeness (QED) is 0.912. The Balaban J connectivity index is 2.25. The van der Waals surface area contributed by atoms with Crippen LogP contribution < -0.4 is 5.32 Å². The number of pyridine rings is 1. The highest BCUT2D eigenvalue weighted by atomic mass is 35.5. The van der Waals surface area contributed by atoms with Gasteiger partial charge in [-0.15, -0.1) is 0 Å². The Morgan fingerprint density at radius 3 is 2.79 bits per heavy atom. The summed E-state index contributed by atoms with van der Waals surface area (Å²) in [5.74, 6) is 1.32. The van der Waals surface area contributed by atoms with E-state index in [1.807, 2.05) is 7.05 Å². The zero-order chi connectivity index (χ0) is 13.8. The molecule has 0 radical (unpaired) electrons. The van der Waals surface area contributed by atoms with Crippen LogP contribution in [0, 0.1) is 0 Å². The summed E-state index contributed by atoms with van der Waals surface area (Å²) in [5.41, 5.74) is 0.659. The van der Waals surface area contributed by atoms with Crippen LogP contribution in [0.25, 0.3) is 11.5 Å². The van der Waals surface area contributed by atoms with Gasteiger partial charge in [-0.25, -0.2) is 0 Å². The van der Waals surface area contributed by atoms with Crippen molar-refractivity contribution in [1.82, 2.24) is 20.4 Å². The second-order valence-corrected chi connectivity index (χ2v) is 4.85. The Hall–Kier alpha value is -1.46. The van der Waals surface area contributed by atoms with Crippen molar-refractivity contribution in [2.24, 2.45) is 0 Å². The first kappa shape index (κ1) is 14.0. The molecule has 0 fully saturated rings. The molecule has 0 spiro atoms. The summed E-state index contributed by atoms with van der Waals surface area (Å²) in [4.78, 5) is 8.61. The van der Waals surface area contributed by atoms with Gasteiger partial charge in [0, 0.05) is 12.2 Å². The zero-order valence-electron chi connectivity index (χ0n) is 11.2. The minimum absolute atomic E-state index is 0.193. The van der Waals surface area contributed by atoms with Crippen molar-refractivity contribution in [3.63, 3.8) is 0 Å². The van der Waals surface area contributed by atoms with Gasteiger partial charge in [0.2, 0.25) is 11.7 Å². The summed E-state index contributed by atoms with van der Waals surface area (Å²) in [7, 11) is 1.92. The van der Waals surface area contributed by atoms with Crippen molar-refractivity contribution in [3.8, 4) is 11.5 Å². The molecule has 0 aliphatic rings. The molecule has 0 aliphatic carbocycles. The van der Waals surface area contributed by atoms with E-state index in [4.69, 9.17) is 16.1 Å². The number of aromatic nitrogens is 3. The summed E-state index contributed by atoms with van der Waals surface area (Å²) >= 11 is 5.80. The molecule has 102 valence electrons. The molecule has 0 amide bonds. The highest BCUT2D eigenvalue weighted by Gasteiger charge is 2.23. The van der Waals surface area contributed by atoms with Crippen LogP contribution in [-0.4, -0.2) is 28.2 Å². The molecule has 0 saturated heterocycles. The van der Waals surface area contributed by atoms with Crippen LogP contribution in [0.3, 0.4) is 0 Å². The van der Waals surface area contributed by atoms with Gasteiger partial charge in [-0.2, -0.15) is 4.98 Å². The Bertz CT molecular complexity index is 526. The van der Waals surface area contributed by atoms with Gasteiger partial charge in [0.25, 0.3) is 0 Å². The summed E-state index contributed by atoms with van der Waals surface area (Å²) < 4.78 is 5.35. The fourth-order valence-electron chi connectivity index (χ4n) is 1.94. The third-order valence-electron chi connectivity index (χ3n) is 3.21. The number of rotatable bonds is 5. The first-order chi connectivity index (χ1) is 9.15. The average molecular weight is 281 g/mol. The third kappa shape index (κ3) is 3.11. The van der Waals surface area contributed by atoms with Crippen molar-refractivity contribution in [3.05, 3.63) is 29.2 Å². The van der Waals surface area contributed by atoms with Crippen molar-refractivity contribution < 1.29 is 4.52 Å². The van der Waals surface area contributed by atoms with Gasteiger partial charge in [0.15, 0.2) is 0 Å². The molecular formula is C13H17ClN4O. The molecule has 6 heteroatoms. The first-order valence-corrected chi connectivity index (χ1v) is 6.66. The monoisotopic (exact) mass is 280 g/mol. The Labute approximate surface area is 117 Å². The molecule has 19 heavy (non-hydrogen) atoms. The van der Waals surface area contributed by atoms with Crippen LogP contribution in [0.15, 0.2) is 22.9 Å². The van der Waals surface area contributed by atoms with Gasteiger partial charge in [0.1, 0.15) is 5.69 Å². The smallest absolute Gasteiger partial charge is 0.231 e. The Morgan fingerprint density at radius 2 is 2.21 bits per heavy atom. The van der Waals surface area contributed by atoms with Crippen molar-refractivity contribution in [2.75, 3.05) is 7.05 Å². The predicted molar refractivity (Wildman–Crippen MR) is 74.1 cm³/mol. The minimum atomic E-state index is 0.193. The predicted octanol–water partition coefficient (Wildman–Crippen LogP) is 2.89. The number of likely N-dealkylation sites (N-methyl/N-ethyl adjacent to an activating group) is 1. The fraction of sp³-hybridized carbons (Fsp3) is 0.462. The molecule has 0 aliphatic heterocycles. The van der Waals surface area contributed by atoms with Gasteiger partial charge in [-0.1, -0.05) is 23.7 Å². The Morgan fingerprint density at radius 1 is 1.42 bits per heavy atom. The summed E-state index contributed by atoms with van der Waals surface area (Å²) in [5, 5.41) is 7.78. The standard InChI is InChI=1S/C13H17ClN4O/c1-4-10(8(2)15-3)13-17-12(18-19-13)11-6-5-9(14)7-16-11/h5-8,10,15H,4H2,1-3H3. The summed E-state index contributed by atoms with van der Waals surface area (Å²) in [6.45, 7) is 4.20. The second kappa shape index (κ2) is 6.12. The molecule has 0 saturated carbocycles. The highest BCUT2D eigenvalue weighted by molar-refractivity contribution is 6.30. The first-order valence-electron chi connectivity index (χ1n) is 6.28. The van der Waals surface area contributed by atoms with Crippen LogP contribution in [0.1, 0.15) is 32.1 Å². The van der Waals surface area contributed by atoms with E-state index in [2.05, 4.69) is 34.3 Å². The molecule has 2 atom stereocenters. The van der Waals surface area contributed by atoms with E-state index in [1.165, 1.54) is 0 Å². The molecule has 2 heterocycles. The second-order valence-electron chi connectivity index (χ2n) is 4.41. The molecular weight excluding hydrogens is 264 g/mol. The maximum atomic E-state index is 5.80. The minimum Gasteiger partial charge on any atom is -0.339 e. The topological polar surface area (TPSA) is 63.8 Å². The lowest BCUT2D eigenvalue weighted by atomic mass is 9.98. The summed E-state index contributed by atoms with van der Waals surface area (Å²) in [6.07, 6.45) is 2.50. The molecule has 2 aromatic heterocycles. The maximum Gasteiger partial charge on any atom is 0.231 e. The van der Waals surface area contributed by atoms with Gasteiger partial charge in [0.05, 0.1) is 10.9 Å². The van der Waals surface area contributed by atoms with Crippen molar-refractivity contribution in [1.29, 1.82) is 0 Å². The fourth-order valence-corrected chi connectivity index (χ4v) is 2.05. The summed E-state index contributed by atoms with van der Waals surface area (Å²) in [6, 6.07) is 3.81. The lowest BCUT2D eigenvalue weighted by Crippen LogP contribution is -2.28. The van der Waals surface area contributed by atoms with Crippen molar-refractivity contribution >= 4 is 11.6 Å². The molecule has 1 N–H and O–H groups in total. The number of hydrogen-bond donors (Lipinski definition) is 1. The van der Waals surface area contributed by atoms with Crippen LogP contribution in [0.4, 0.5) is 0 Å². The van der Waals surface area contributed by atoms with E-state index < -0.39 is 0 Å². The van der Waals surface area contributed by atoms with E-state index in [0.29, 0.717) is 22.4 Å². The molecule has 2 unspecified atom stereocenters. The van der Waals surface area contributed by atoms with E-state index >= 15 is 0 Å². The molecule has 2 rings (SSSR count). The lowest BCUT2D eigenvalue weighted by molar-refractivity contribution is 0.322. The SMILES string of the molecule is CCC(c1nc(-c2ccc(Cl)cn2)no1)C(C)NC. The van der Waals surface area contributed by atoms with Gasteiger partial charge in [-0.05, 0) is 32.5 Å². The van der Waals surface area contributed by atoms with E-state index in [-0.39, 0.29) is 12.0 Å². The maximum absolute atomic E-state index is 5.80. The third-order valence-corrected chi connectivity index (χ3v) is 3.44. The lowest BCUT2D eigenvalue weighted by Gasteiger charge is -2.17. The largest absolute Gasteiger partial charge is 0.339 e. The average Bonchev–Trinajstić information content (AvgIpc) is 2.89. The molecule has 2 aromatic rings. The van der Waals surface area contributed by atoms with Gasteiger partial charge in [-0.3, -0.25) is 4.98 Å². The van der Waals surface area contributed by atoms with E-state index in [0.717, 1.165) is 6.42 Å². The zero-order valence-corrected chi connectivity index (χ0v) is 12.0. The number of hydrogen-bond acceptors (Lipinski definition) is 5. The van der Waals surface area contributed by atoms with E-state index in [9.17, 15) is 0 Å². The molecule has 5 nitrogen and oxygen atoms in total. The normalized spacial score (nSPS) is 14.3. The van der Waals surface area contributed by atoms with Gasteiger partial charge >= 0.3 is 0 Å². The van der Waals surface area contributed by atoms with Crippen LogP contribution in [0.5, 0.6) is 0 Å². The van der Waals surface area contributed by atoms with Gasteiger partial charge < -0.3 is 9.84 Å². The number of nitrogens with zero attached hydrogens (tertiary/aromatic N) is 3. The Kier molecular flexibility index (Phi) is 4.50. The number of halogens is 1. The number of nitrogens with one attached hydrogen (secondary N) is 1. The van der Waals surface area contributed by atoms with E-state index in [1.54, 1.807) is 18.3 Å². The molecule has 0 aromatic carbocycles. The molecule has 0 bridgehead atoms. The van der Waals surface area contributed by atoms with Crippen LogP contribution in [0.2, 0.25) is 5.02 Å². The van der Waals surface area contributed by atoms with Crippen molar-refractivity contribution in [2.45, 2.75) is 32.2 Å².